The number of anilines is 1. The van der Waals surface area contributed by atoms with Gasteiger partial charge >= 0.3 is 0 Å². The highest BCUT2D eigenvalue weighted by Gasteiger charge is 2.24. The zero-order valence-corrected chi connectivity index (χ0v) is 10.1. The number of thiazole rings is 1. The molecular weight excluding hydrogens is 216 g/mol. The van der Waals surface area contributed by atoms with Crippen LogP contribution >= 0.6 is 22.9 Å². The van der Waals surface area contributed by atoms with Gasteiger partial charge in [0.2, 0.25) is 0 Å². The minimum Gasteiger partial charge on any atom is -0.348 e. The van der Waals surface area contributed by atoms with Gasteiger partial charge in [0.15, 0.2) is 5.13 Å². The predicted octanol–water partition coefficient (Wildman–Crippen LogP) is 3.28. The van der Waals surface area contributed by atoms with Crippen LogP contribution in [-0.4, -0.2) is 18.1 Å². The molecule has 2 rings (SSSR count). The van der Waals surface area contributed by atoms with Crippen molar-refractivity contribution >= 4 is 28.1 Å². The SMILES string of the molecule is CC1CCN(c2nc(Cl)cs2)CC1C. The maximum absolute atomic E-state index is 5.82. The van der Waals surface area contributed by atoms with E-state index in [1.54, 1.807) is 11.3 Å². The van der Waals surface area contributed by atoms with E-state index in [0.29, 0.717) is 5.15 Å². The third-order valence-corrected chi connectivity index (χ3v) is 4.29. The summed E-state index contributed by atoms with van der Waals surface area (Å²) in [6, 6.07) is 0. The van der Waals surface area contributed by atoms with Gasteiger partial charge < -0.3 is 4.90 Å². The Balaban J connectivity index is 2.06. The fourth-order valence-electron chi connectivity index (χ4n) is 1.83. The van der Waals surface area contributed by atoms with E-state index in [4.69, 9.17) is 11.6 Å². The van der Waals surface area contributed by atoms with Gasteiger partial charge in [0, 0.05) is 18.5 Å². The zero-order valence-electron chi connectivity index (χ0n) is 8.53. The topological polar surface area (TPSA) is 16.1 Å². The summed E-state index contributed by atoms with van der Waals surface area (Å²) in [5.74, 6) is 1.59. The average molecular weight is 231 g/mol. The molecule has 78 valence electrons. The molecule has 1 aromatic rings. The molecule has 14 heavy (non-hydrogen) atoms. The Morgan fingerprint density at radius 1 is 1.50 bits per heavy atom. The third-order valence-electron chi connectivity index (χ3n) is 3.07. The molecule has 1 aliphatic rings. The van der Waals surface area contributed by atoms with Gasteiger partial charge in [-0.15, -0.1) is 11.3 Å². The van der Waals surface area contributed by atoms with E-state index in [9.17, 15) is 0 Å². The summed E-state index contributed by atoms with van der Waals surface area (Å²) in [4.78, 5) is 6.65. The van der Waals surface area contributed by atoms with Gasteiger partial charge in [0.05, 0.1) is 0 Å². The fourth-order valence-corrected chi connectivity index (χ4v) is 2.81. The highest BCUT2D eigenvalue weighted by Crippen LogP contribution is 2.29. The van der Waals surface area contributed by atoms with E-state index in [1.165, 1.54) is 6.42 Å². The minimum atomic E-state index is 0.622. The molecule has 0 saturated carbocycles. The van der Waals surface area contributed by atoms with E-state index in [1.807, 2.05) is 5.38 Å². The van der Waals surface area contributed by atoms with Crippen molar-refractivity contribution in [1.29, 1.82) is 0 Å². The summed E-state index contributed by atoms with van der Waals surface area (Å²) >= 11 is 7.46. The average Bonchev–Trinajstić information content (AvgIpc) is 2.57. The van der Waals surface area contributed by atoms with E-state index < -0.39 is 0 Å². The van der Waals surface area contributed by atoms with Crippen LogP contribution in [0, 0.1) is 11.8 Å². The van der Waals surface area contributed by atoms with Crippen molar-refractivity contribution in [2.75, 3.05) is 18.0 Å². The molecule has 2 nitrogen and oxygen atoms in total. The van der Waals surface area contributed by atoms with E-state index in [-0.39, 0.29) is 0 Å². The van der Waals surface area contributed by atoms with Crippen LogP contribution < -0.4 is 4.90 Å². The number of nitrogens with zero attached hydrogens (tertiary/aromatic N) is 2. The molecule has 1 aliphatic heterocycles. The first-order valence-corrected chi connectivity index (χ1v) is 6.28. The molecule has 1 aromatic heterocycles. The van der Waals surface area contributed by atoms with Gasteiger partial charge in [0.25, 0.3) is 0 Å². The molecule has 1 saturated heterocycles. The molecule has 1 fully saturated rings. The van der Waals surface area contributed by atoms with Gasteiger partial charge in [-0.2, -0.15) is 0 Å². The second-order valence-corrected chi connectivity index (χ2v) is 5.37. The first kappa shape index (κ1) is 10.2. The van der Waals surface area contributed by atoms with E-state index in [0.717, 1.165) is 30.1 Å². The first-order chi connectivity index (χ1) is 6.66. The standard InChI is InChI=1S/C10H15ClN2S/c1-7-3-4-13(5-8(7)2)10-12-9(11)6-14-10/h6-8H,3-5H2,1-2H3. The zero-order chi connectivity index (χ0) is 10.1. The Kier molecular flexibility index (Phi) is 2.98. The maximum Gasteiger partial charge on any atom is 0.186 e. The Labute approximate surface area is 93.9 Å². The van der Waals surface area contributed by atoms with E-state index in [2.05, 4.69) is 23.7 Å². The molecule has 0 aliphatic carbocycles. The molecule has 0 aromatic carbocycles. The number of piperidine rings is 1. The number of rotatable bonds is 1. The van der Waals surface area contributed by atoms with Gasteiger partial charge in [-0.3, -0.25) is 0 Å². The summed E-state index contributed by atoms with van der Waals surface area (Å²) in [7, 11) is 0. The molecule has 0 radical (unpaired) electrons. The Morgan fingerprint density at radius 3 is 2.86 bits per heavy atom. The molecule has 2 atom stereocenters. The summed E-state index contributed by atoms with van der Waals surface area (Å²) in [5.41, 5.74) is 0. The van der Waals surface area contributed by atoms with Crippen LogP contribution in [0.3, 0.4) is 0 Å². The van der Waals surface area contributed by atoms with Gasteiger partial charge in [-0.1, -0.05) is 25.4 Å². The highest BCUT2D eigenvalue weighted by atomic mass is 35.5. The largest absolute Gasteiger partial charge is 0.348 e. The van der Waals surface area contributed by atoms with Crippen LogP contribution in [0.2, 0.25) is 5.15 Å². The highest BCUT2D eigenvalue weighted by molar-refractivity contribution is 7.14. The Hall–Kier alpha value is -0.280. The van der Waals surface area contributed by atoms with Crippen molar-refractivity contribution < 1.29 is 0 Å². The molecule has 0 amide bonds. The van der Waals surface area contributed by atoms with Crippen LogP contribution in [0.5, 0.6) is 0 Å². The lowest BCUT2D eigenvalue weighted by molar-refractivity contribution is 0.324. The van der Waals surface area contributed by atoms with Crippen LogP contribution in [-0.2, 0) is 0 Å². The third kappa shape index (κ3) is 2.04. The van der Waals surface area contributed by atoms with Crippen molar-refractivity contribution in [3.8, 4) is 0 Å². The summed E-state index contributed by atoms with van der Waals surface area (Å²) in [6.07, 6.45) is 1.26. The summed E-state index contributed by atoms with van der Waals surface area (Å²) in [5, 5.41) is 3.60. The predicted molar refractivity (Wildman–Crippen MR) is 62.3 cm³/mol. The van der Waals surface area contributed by atoms with Crippen molar-refractivity contribution in [3.63, 3.8) is 0 Å². The molecule has 4 heteroatoms. The molecule has 2 unspecified atom stereocenters. The van der Waals surface area contributed by atoms with Crippen molar-refractivity contribution in [1.82, 2.24) is 4.98 Å². The number of aromatic nitrogens is 1. The van der Waals surface area contributed by atoms with Crippen LogP contribution in [0.15, 0.2) is 5.38 Å². The second kappa shape index (κ2) is 4.07. The quantitative estimate of drug-likeness (QED) is 0.736. The Morgan fingerprint density at radius 2 is 2.29 bits per heavy atom. The Bertz CT molecular complexity index is 313. The number of hydrogen-bond donors (Lipinski definition) is 0. The first-order valence-electron chi connectivity index (χ1n) is 5.03. The molecular formula is C10H15ClN2S. The normalized spacial score (nSPS) is 28.1. The van der Waals surface area contributed by atoms with E-state index >= 15 is 0 Å². The number of hydrogen-bond acceptors (Lipinski definition) is 3. The molecule has 0 bridgehead atoms. The summed E-state index contributed by atoms with van der Waals surface area (Å²) < 4.78 is 0. The minimum absolute atomic E-state index is 0.622. The summed E-state index contributed by atoms with van der Waals surface area (Å²) in [6.45, 7) is 6.88. The number of halogens is 1. The smallest absolute Gasteiger partial charge is 0.186 e. The molecule has 2 heterocycles. The van der Waals surface area contributed by atoms with Crippen molar-refractivity contribution in [2.24, 2.45) is 11.8 Å². The second-order valence-electron chi connectivity index (χ2n) is 4.14. The van der Waals surface area contributed by atoms with Gasteiger partial charge in [0.1, 0.15) is 5.15 Å². The lowest BCUT2D eigenvalue weighted by atomic mass is 9.89. The lowest BCUT2D eigenvalue weighted by Crippen LogP contribution is -2.38. The molecule has 0 spiro atoms. The van der Waals surface area contributed by atoms with Crippen LogP contribution in [0.4, 0.5) is 5.13 Å². The van der Waals surface area contributed by atoms with Crippen LogP contribution in [0.1, 0.15) is 20.3 Å². The van der Waals surface area contributed by atoms with Gasteiger partial charge in [-0.05, 0) is 18.3 Å². The lowest BCUT2D eigenvalue weighted by Gasteiger charge is -2.35. The maximum atomic E-state index is 5.82. The van der Waals surface area contributed by atoms with Crippen molar-refractivity contribution in [3.05, 3.63) is 10.5 Å². The van der Waals surface area contributed by atoms with Crippen molar-refractivity contribution in [2.45, 2.75) is 20.3 Å². The molecule has 0 N–H and O–H groups in total. The monoisotopic (exact) mass is 230 g/mol. The fraction of sp³-hybridized carbons (Fsp3) is 0.700. The van der Waals surface area contributed by atoms with Gasteiger partial charge in [-0.25, -0.2) is 4.98 Å². The van der Waals surface area contributed by atoms with Crippen LogP contribution in [0.25, 0.3) is 0 Å².